The Bertz CT molecular complexity index is 624. The average molecular weight is 298 g/mol. The van der Waals surface area contributed by atoms with Gasteiger partial charge in [0.2, 0.25) is 5.91 Å². The van der Waals surface area contributed by atoms with Gasteiger partial charge < -0.3 is 10.2 Å². The number of carbonyl (C=O) groups excluding carboxylic acids is 1. The van der Waals surface area contributed by atoms with Crippen molar-refractivity contribution in [3.63, 3.8) is 0 Å². The summed E-state index contributed by atoms with van der Waals surface area (Å²) in [4.78, 5) is 15.3. The normalized spacial score (nSPS) is 35.8. The maximum absolute atomic E-state index is 12.6. The van der Waals surface area contributed by atoms with E-state index < -0.39 is 0 Å². The Hall–Kier alpha value is -1.35. The minimum atomic E-state index is -0.245. The first-order valence-corrected chi connectivity index (χ1v) is 8.91. The third-order valence-electron chi connectivity index (χ3n) is 6.95. The van der Waals surface area contributed by atoms with Gasteiger partial charge >= 0.3 is 0 Å². The Labute approximate surface area is 133 Å². The number of nitrogens with one attached hydrogen (secondary N) is 1. The summed E-state index contributed by atoms with van der Waals surface area (Å²) in [7, 11) is 0. The number of fused-ring (bicyclic) bond motifs is 4. The molecule has 1 N–H and O–H groups in total. The molecule has 3 nitrogen and oxygen atoms in total. The van der Waals surface area contributed by atoms with E-state index >= 15 is 0 Å². The number of hydrogen-bond donors (Lipinski definition) is 1. The minimum Gasteiger partial charge on any atom is -0.325 e. The molecule has 0 radical (unpaired) electrons. The van der Waals surface area contributed by atoms with E-state index in [-0.39, 0.29) is 12.7 Å². The van der Waals surface area contributed by atoms with E-state index in [0.717, 1.165) is 49.5 Å². The zero-order valence-electron chi connectivity index (χ0n) is 13.1. The first-order chi connectivity index (χ1) is 10.8. The van der Waals surface area contributed by atoms with Crippen LogP contribution in [0.1, 0.15) is 45.5 Å². The van der Waals surface area contributed by atoms with Gasteiger partial charge in [-0.05, 0) is 68.7 Å². The molecule has 3 heteroatoms. The number of amides is 1. The number of rotatable bonds is 1. The van der Waals surface area contributed by atoms with Crippen molar-refractivity contribution in [3.8, 4) is 0 Å². The first-order valence-electron chi connectivity index (χ1n) is 8.91. The fraction of sp³-hybridized carbons (Fsp3) is 0.632. The maximum Gasteiger partial charge on any atom is 0.235 e. The molecule has 2 heterocycles. The van der Waals surface area contributed by atoms with Gasteiger partial charge in [0.1, 0.15) is 0 Å². The largest absolute Gasteiger partial charge is 0.325 e. The van der Waals surface area contributed by atoms with Crippen LogP contribution in [-0.2, 0) is 10.2 Å². The van der Waals surface area contributed by atoms with Crippen molar-refractivity contribution < 1.29 is 6.22 Å². The Morgan fingerprint density at radius 1 is 1.14 bits per heavy atom. The van der Waals surface area contributed by atoms with Gasteiger partial charge in [0, 0.05) is 13.2 Å². The lowest BCUT2D eigenvalue weighted by molar-refractivity contribution is -0.122. The van der Waals surface area contributed by atoms with Crippen LogP contribution in [0.4, 0.5) is 5.69 Å². The number of para-hydroxylation sites is 1. The van der Waals surface area contributed by atoms with Crippen LogP contribution in [0.2, 0.25) is 0 Å². The summed E-state index contributed by atoms with van der Waals surface area (Å²) in [5.41, 5.74) is 2.04. The standard InChI is InChI=1S/C19H24N2O.H2/c22-18-19(15-3-1-2-4-16(15)20-18)7-9-21(10-8-19)17-12-13-5-6-14(17)11-13;/h1-4,13-14,17H,5-12H2,(H,20,22);1H. The van der Waals surface area contributed by atoms with Crippen LogP contribution in [0.3, 0.4) is 0 Å². The fourth-order valence-corrected chi connectivity index (χ4v) is 5.77. The van der Waals surface area contributed by atoms with Gasteiger partial charge in [0.25, 0.3) is 0 Å². The SMILES string of the molecule is O=C1Nc2ccccc2C12CCN(C1CC3CCC1C3)CC2.[HH]. The maximum atomic E-state index is 12.6. The highest BCUT2D eigenvalue weighted by Crippen LogP contribution is 2.50. The van der Waals surface area contributed by atoms with Gasteiger partial charge in [0.05, 0.1) is 5.41 Å². The van der Waals surface area contributed by atoms with Gasteiger partial charge in [0.15, 0.2) is 0 Å². The van der Waals surface area contributed by atoms with Crippen LogP contribution in [-0.4, -0.2) is 29.9 Å². The van der Waals surface area contributed by atoms with Gasteiger partial charge in [-0.15, -0.1) is 0 Å². The summed E-state index contributed by atoms with van der Waals surface area (Å²) in [6.07, 6.45) is 7.78. The van der Waals surface area contributed by atoms with Crippen molar-refractivity contribution >= 4 is 11.6 Å². The van der Waals surface area contributed by atoms with Crippen LogP contribution in [0, 0.1) is 11.8 Å². The molecule has 2 saturated carbocycles. The summed E-state index contributed by atoms with van der Waals surface area (Å²) in [6, 6.07) is 9.10. The smallest absolute Gasteiger partial charge is 0.235 e. The van der Waals surface area contributed by atoms with Crippen molar-refractivity contribution in [2.45, 2.75) is 50.0 Å². The van der Waals surface area contributed by atoms with Gasteiger partial charge in [-0.1, -0.05) is 24.6 Å². The monoisotopic (exact) mass is 298 g/mol. The molecule has 3 fully saturated rings. The van der Waals surface area contributed by atoms with Crippen molar-refractivity contribution in [1.29, 1.82) is 0 Å². The van der Waals surface area contributed by atoms with Crippen LogP contribution in [0.5, 0.6) is 0 Å². The predicted octanol–water partition coefficient (Wildman–Crippen LogP) is 3.41. The van der Waals surface area contributed by atoms with E-state index in [2.05, 4.69) is 22.3 Å². The topological polar surface area (TPSA) is 32.3 Å². The van der Waals surface area contributed by atoms with E-state index in [1.165, 1.54) is 31.2 Å². The molecule has 22 heavy (non-hydrogen) atoms. The minimum absolute atomic E-state index is 0. The lowest BCUT2D eigenvalue weighted by atomic mass is 9.73. The number of nitrogens with zero attached hydrogens (tertiary/aromatic N) is 1. The van der Waals surface area contributed by atoms with Gasteiger partial charge in [-0.2, -0.15) is 0 Å². The highest BCUT2D eigenvalue weighted by atomic mass is 16.2. The molecule has 1 amide bonds. The quantitative estimate of drug-likeness (QED) is 0.862. The molecule has 118 valence electrons. The Morgan fingerprint density at radius 3 is 2.68 bits per heavy atom. The molecule has 1 spiro atoms. The summed E-state index contributed by atoms with van der Waals surface area (Å²) in [5.74, 6) is 2.19. The second kappa shape index (κ2) is 4.58. The van der Waals surface area contributed by atoms with E-state index in [0.29, 0.717) is 0 Å². The number of anilines is 1. The second-order valence-corrected chi connectivity index (χ2v) is 7.86. The lowest BCUT2D eigenvalue weighted by Crippen LogP contribution is -2.50. The van der Waals surface area contributed by atoms with Crippen LogP contribution in [0.15, 0.2) is 24.3 Å². The molecule has 3 unspecified atom stereocenters. The molecule has 0 aromatic heterocycles. The highest BCUT2D eigenvalue weighted by Gasteiger charge is 2.50. The third kappa shape index (κ3) is 1.69. The third-order valence-corrected chi connectivity index (χ3v) is 6.95. The first kappa shape index (κ1) is 13.1. The van der Waals surface area contributed by atoms with E-state index in [4.69, 9.17) is 0 Å². The van der Waals surface area contributed by atoms with Crippen LogP contribution < -0.4 is 5.32 Å². The number of piperidine rings is 1. The van der Waals surface area contributed by atoms with E-state index in [9.17, 15) is 4.79 Å². The molecule has 4 aliphatic rings. The Kier molecular flexibility index (Phi) is 2.73. The number of likely N-dealkylation sites (tertiary alicyclic amines) is 1. The number of carbonyl (C=O) groups is 1. The average Bonchev–Trinajstić information content (AvgIpc) is 3.24. The van der Waals surface area contributed by atoms with Gasteiger partial charge in [-0.25, -0.2) is 0 Å². The van der Waals surface area contributed by atoms with Crippen molar-refractivity contribution in [2.75, 3.05) is 18.4 Å². The Balaban J connectivity index is 0.00000135. The zero-order valence-corrected chi connectivity index (χ0v) is 13.1. The predicted molar refractivity (Wildman–Crippen MR) is 88.9 cm³/mol. The molecule has 1 saturated heterocycles. The molecule has 1 aromatic rings. The molecule has 1 aromatic carbocycles. The molecular formula is C19H26N2O. The second-order valence-electron chi connectivity index (χ2n) is 7.86. The molecular weight excluding hydrogens is 272 g/mol. The molecule has 2 aliphatic heterocycles. The molecule has 5 rings (SSSR count). The van der Waals surface area contributed by atoms with E-state index in [1.807, 2.05) is 12.1 Å². The molecule has 3 atom stereocenters. The van der Waals surface area contributed by atoms with Crippen LogP contribution >= 0.6 is 0 Å². The van der Waals surface area contributed by atoms with Crippen molar-refractivity contribution in [2.24, 2.45) is 11.8 Å². The van der Waals surface area contributed by atoms with Crippen molar-refractivity contribution in [3.05, 3.63) is 29.8 Å². The van der Waals surface area contributed by atoms with Crippen molar-refractivity contribution in [1.82, 2.24) is 4.90 Å². The zero-order chi connectivity index (χ0) is 14.7. The fourth-order valence-electron chi connectivity index (χ4n) is 5.77. The van der Waals surface area contributed by atoms with E-state index in [1.54, 1.807) is 0 Å². The van der Waals surface area contributed by atoms with Crippen LogP contribution in [0.25, 0.3) is 0 Å². The molecule has 2 bridgehead atoms. The Morgan fingerprint density at radius 2 is 1.95 bits per heavy atom. The number of hydrogen-bond acceptors (Lipinski definition) is 2. The van der Waals surface area contributed by atoms with Gasteiger partial charge in [-0.3, -0.25) is 4.79 Å². The molecule has 2 aliphatic carbocycles. The lowest BCUT2D eigenvalue weighted by Gasteiger charge is -2.43. The summed E-state index contributed by atoms with van der Waals surface area (Å²) >= 11 is 0. The summed E-state index contributed by atoms with van der Waals surface area (Å²) in [6.45, 7) is 2.19. The highest BCUT2D eigenvalue weighted by molar-refractivity contribution is 6.06. The summed E-state index contributed by atoms with van der Waals surface area (Å²) in [5, 5.41) is 3.11. The summed E-state index contributed by atoms with van der Waals surface area (Å²) < 4.78 is 0. The number of benzene rings is 1.